The summed E-state index contributed by atoms with van der Waals surface area (Å²) in [5, 5.41) is 16.6. The van der Waals surface area contributed by atoms with Gasteiger partial charge in [0.1, 0.15) is 6.61 Å². The molecule has 104 valence electrons. The number of carbonyl (C=O) groups is 1. The number of nitrogens with one attached hydrogen (secondary N) is 1. The van der Waals surface area contributed by atoms with Crippen molar-refractivity contribution in [3.05, 3.63) is 41.7 Å². The van der Waals surface area contributed by atoms with Crippen LogP contribution < -0.4 is 0 Å². The van der Waals surface area contributed by atoms with Gasteiger partial charge in [-0.25, -0.2) is 9.89 Å². The second kappa shape index (κ2) is 6.98. The number of H-pyrrole nitrogens is 1. The fourth-order valence-electron chi connectivity index (χ4n) is 1.38. The maximum absolute atomic E-state index is 11.7. The quantitative estimate of drug-likeness (QED) is 0.472. The van der Waals surface area contributed by atoms with E-state index in [2.05, 4.69) is 25.8 Å². The summed E-state index contributed by atoms with van der Waals surface area (Å²) in [4.78, 5) is 16.9. The van der Waals surface area contributed by atoms with Gasteiger partial charge in [-0.15, -0.1) is 5.10 Å². The number of nitrogens with zero attached hydrogens (tertiary/aromatic N) is 4. The maximum atomic E-state index is 11.7. The Morgan fingerprint density at radius 3 is 2.80 bits per heavy atom. The van der Waals surface area contributed by atoms with Crippen LogP contribution in [0, 0.1) is 0 Å². The Balaban J connectivity index is 2.07. The maximum Gasteiger partial charge on any atom is 0.364 e. The molecule has 0 radical (unpaired) electrons. The van der Waals surface area contributed by atoms with Gasteiger partial charge in [0.05, 0.1) is 6.61 Å². The summed E-state index contributed by atoms with van der Waals surface area (Å²) >= 11 is 0. The molecule has 1 heterocycles. The number of hydrogen-bond acceptors (Lipinski definition) is 7. The van der Waals surface area contributed by atoms with Gasteiger partial charge in [0.15, 0.2) is 0 Å². The normalized spacial score (nSPS) is 11.2. The van der Waals surface area contributed by atoms with Gasteiger partial charge < -0.3 is 9.57 Å². The summed E-state index contributed by atoms with van der Waals surface area (Å²) in [6.45, 7) is 2.14. The van der Waals surface area contributed by atoms with Gasteiger partial charge in [-0.1, -0.05) is 35.5 Å². The Labute approximate surface area is 114 Å². The number of benzene rings is 1. The molecule has 0 atom stereocenters. The van der Waals surface area contributed by atoms with Crippen molar-refractivity contribution in [2.24, 2.45) is 5.16 Å². The number of hydrogen-bond donors (Lipinski definition) is 1. The average molecular weight is 275 g/mol. The van der Waals surface area contributed by atoms with Crippen molar-refractivity contribution in [3.63, 3.8) is 0 Å². The Morgan fingerprint density at radius 2 is 2.15 bits per heavy atom. The van der Waals surface area contributed by atoms with E-state index in [1.165, 1.54) is 0 Å². The summed E-state index contributed by atoms with van der Waals surface area (Å²) in [6.07, 6.45) is 0. The van der Waals surface area contributed by atoms with Gasteiger partial charge in [-0.3, -0.25) is 0 Å². The van der Waals surface area contributed by atoms with Crippen molar-refractivity contribution >= 4 is 11.7 Å². The lowest BCUT2D eigenvalue weighted by Crippen LogP contribution is -2.20. The molecule has 0 aliphatic rings. The molecule has 20 heavy (non-hydrogen) atoms. The number of carbonyl (C=O) groups excluding carboxylic acids is 1. The molecule has 0 aliphatic carbocycles. The van der Waals surface area contributed by atoms with E-state index >= 15 is 0 Å². The molecule has 2 aromatic rings. The third-order valence-corrected chi connectivity index (χ3v) is 2.27. The zero-order valence-electron chi connectivity index (χ0n) is 10.8. The SMILES string of the molecule is CCOC(=O)C(=NOCc1ccccc1)c1nnn[nH]1. The summed E-state index contributed by atoms with van der Waals surface area (Å²) in [5.74, 6) is -0.560. The second-order valence-electron chi connectivity index (χ2n) is 3.67. The van der Waals surface area contributed by atoms with Gasteiger partial charge in [0, 0.05) is 0 Å². The Hall–Kier alpha value is -2.77. The molecular formula is C12H13N5O3. The zero-order chi connectivity index (χ0) is 14.2. The highest BCUT2D eigenvalue weighted by molar-refractivity contribution is 6.42. The number of aromatic amines is 1. The van der Waals surface area contributed by atoms with Crippen LogP contribution in [0.5, 0.6) is 0 Å². The lowest BCUT2D eigenvalue weighted by molar-refractivity contribution is -0.135. The molecule has 0 bridgehead atoms. The van der Waals surface area contributed by atoms with E-state index in [9.17, 15) is 4.79 Å². The van der Waals surface area contributed by atoms with Gasteiger partial charge in [0.25, 0.3) is 0 Å². The smallest absolute Gasteiger partial charge is 0.364 e. The molecule has 0 saturated carbocycles. The first-order valence-corrected chi connectivity index (χ1v) is 5.96. The lowest BCUT2D eigenvalue weighted by Gasteiger charge is -2.03. The number of ether oxygens (including phenoxy) is 1. The topological polar surface area (TPSA) is 102 Å². The van der Waals surface area contributed by atoms with Crippen LogP contribution in [0.4, 0.5) is 0 Å². The van der Waals surface area contributed by atoms with Crippen molar-refractivity contribution in [1.82, 2.24) is 20.6 Å². The summed E-state index contributed by atoms with van der Waals surface area (Å²) in [5.41, 5.74) is 0.822. The highest BCUT2D eigenvalue weighted by Crippen LogP contribution is 2.02. The minimum Gasteiger partial charge on any atom is -0.461 e. The van der Waals surface area contributed by atoms with E-state index in [0.29, 0.717) is 0 Å². The molecule has 1 N–H and O–H groups in total. The summed E-state index contributed by atoms with van der Waals surface area (Å²) in [6, 6.07) is 9.44. The van der Waals surface area contributed by atoms with Crippen LogP contribution in [0.15, 0.2) is 35.5 Å². The van der Waals surface area contributed by atoms with Crippen LogP contribution in [-0.2, 0) is 21.0 Å². The predicted octanol–water partition coefficient (Wildman–Crippen LogP) is 0.684. The van der Waals surface area contributed by atoms with E-state index < -0.39 is 5.97 Å². The number of rotatable bonds is 6. The van der Waals surface area contributed by atoms with Crippen molar-refractivity contribution in [1.29, 1.82) is 0 Å². The summed E-state index contributed by atoms with van der Waals surface area (Å²) in [7, 11) is 0. The monoisotopic (exact) mass is 275 g/mol. The highest BCUT2D eigenvalue weighted by Gasteiger charge is 2.20. The minimum absolute atomic E-state index is 0.0940. The van der Waals surface area contributed by atoms with Crippen LogP contribution in [0.25, 0.3) is 0 Å². The van der Waals surface area contributed by atoms with E-state index in [0.717, 1.165) is 5.56 Å². The van der Waals surface area contributed by atoms with Gasteiger partial charge in [-0.2, -0.15) is 0 Å². The molecular weight excluding hydrogens is 262 g/mol. The van der Waals surface area contributed by atoms with Gasteiger partial charge in [0.2, 0.25) is 11.5 Å². The third kappa shape index (κ3) is 3.61. The molecule has 0 fully saturated rings. The van der Waals surface area contributed by atoms with Crippen molar-refractivity contribution in [2.75, 3.05) is 6.61 Å². The Kier molecular flexibility index (Phi) is 4.76. The molecule has 8 heteroatoms. The molecule has 0 saturated heterocycles. The molecule has 2 rings (SSSR count). The predicted molar refractivity (Wildman–Crippen MR) is 68.6 cm³/mol. The van der Waals surface area contributed by atoms with Crippen LogP contribution in [0.3, 0.4) is 0 Å². The first-order valence-electron chi connectivity index (χ1n) is 5.96. The van der Waals surface area contributed by atoms with Crippen LogP contribution >= 0.6 is 0 Å². The molecule has 1 aromatic heterocycles. The van der Waals surface area contributed by atoms with Crippen LogP contribution in [0.1, 0.15) is 18.3 Å². The van der Waals surface area contributed by atoms with E-state index in [4.69, 9.17) is 9.57 Å². The molecule has 0 unspecified atom stereocenters. The van der Waals surface area contributed by atoms with Crippen LogP contribution in [0.2, 0.25) is 0 Å². The van der Waals surface area contributed by atoms with Crippen molar-refractivity contribution in [2.45, 2.75) is 13.5 Å². The standard InChI is InChI=1S/C12H13N5O3/c1-2-19-12(18)10(11-13-16-17-14-11)15-20-8-9-6-4-3-5-7-9/h3-7H,2,8H2,1H3,(H,13,14,16,17). The van der Waals surface area contributed by atoms with E-state index in [1.54, 1.807) is 6.92 Å². The van der Waals surface area contributed by atoms with Crippen LogP contribution in [-0.4, -0.2) is 38.9 Å². The molecule has 0 spiro atoms. The fourth-order valence-corrected chi connectivity index (χ4v) is 1.38. The number of tetrazole rings is 1. The zero-order valence-corrected chi connectivity index (χ0v) is 10.8. The van der Waals surface area contributed by atoms with E-state index in [-0.39, 0.29) is 24.7 Å². The van der Waals surface area contributed by atoms with Gasteiger partial charge in [-0.05, 0) is 22.9 Å². The Bertz CT molecular complexity index is 568. The average Bonchev–Trinajstić information content (AvgIpc) is 2.99. The van der Waals surface area contributed by atoms with Crippen molar-refractivity contribution < 1.29 is 14.4 Å². The largest absolute Gasteiger partial charge is 0.461 e. The first-order chi connectivity index (χ1) is 9.81. The molecule has 1 aromatic carbocycles. The third-order valence-electron chi connectivity index (χ3n) is 2.27. The minimum atomic E-state index is -0.654. The number of esters is 1. The fraction of sp³-hybridized carbons (Fsp3) is 0.250. The number of aromatic nitrogens is 4. The molecule has 8 nitrogen and oxygen atoms in total. The molecule has 0 aliphatic heterocycles. The second-order valence-corrected chi connectivity index (χ2v) is 3.67. The lowest BCUT2D eigenvalue weighted by atomic mass is 10.2. The van der Waals surface area contributed by atoms with Gasteiger partial charge >= 0.3 is 5.97 Å². The molecule has 0 amide bonds. The van der Waals surface area contributed by atoms with E-state index in [1.807, 2.05) is 30.3 Å². The number of oxime groups is 1. The van der Waals surface area contributed by atoms with Crippen molar-refractivity contribution in [3.8, 4) is 0 Å². The Morgan fingerprint density at radius 1 is 1.35 bits per heavy atom. The first kappa shape index (κ1) is 13.7. The highest BCUT2D eigenvalue weighted by atomic mass is 16.6. The summed E-state index contributed by atoms with van der Waals surface area (Å²) < 4.78 is 4.87.